The molecular weight excluding hydrogens is 299 g/mol. The van der Waals surface area contributed by atoms with Crippen LogP contribution in [0.3, 0.4) is 0 Å². The molecule has 0 fully saturated rings. The molecule has 128 valence electrons. The third-order valence-corrected chi connectivity index (χ3v) is 4.24. The van der Waals surface area contributed by atoms with Crippen LogP contribution in [0.2, 0.25) is 0 Å². The van der Waals surface area contributed by atoms with Gasteiger partial charge in [0.25, 0.3) is 0 Å². The van der Waals surface area contributed by atoms with Gasteiger partial charge in [-0.1, -0.05) is 103 Å². The number of aliphatic carboxylic acids is 1. The third kappa shape index (κ3) is 23.4. The Hall–Kier alpha value is 1.11. The number of carbonyl (C=O) groups is 1. The molecule has 0 unspecified atom stereocenters. The van der Waals surface area contributed by atoms with Gasteiger partial charge in [-0.2, -0.15) is 0 Å². The first-order valence-electron chi connectivity index (χ1n) is 9.49. The van der Waals surface area contributed by atoms with Gasteiger partial charge in [0.1, 0.15) is 0 Å². The van der Waals surface area contributed by atoms with E-state index in [1.165, 1.54) is 89.9 Å². The van der Waals surface area contributed by atoms with Crippen LogP contribution in [0.4, 0.5) is 0 Å². The summed E-state index contributed by atoms with van der Waals surface area (Å²) in [5, 5.41) is 8.53. The summed E-state index contributed by atoms with van der Waals surface area (Å²) in [5.74, 6) is -0.652. The van der Waals surface area contributed by atoms with Crippen molar-refractivity contribution in [2.75, 3.05) is 0 Å². The second-order valence-corrected chi connectivity index (χ2v) is 6.45. The van der Waals surface area contributed by atoms with Gasteiger partial charge < -0.3 is 5.11 Å². The number of rotatable bonds is 17. The van der Waals surface area contributed by atoms with Crippen LogP contribution < -0.4 is 0 Å². The minimum absolute atomic E-state index is 0. The molecule has 0 aromatic heterocycles. The van der Waals surface area contributed by atoms with Gasteiger partial charge in [-0.05, 0) is 6.42 Å². The van der Waals surface area contributed by atoms with Crippen LogP contribution in [0.25, 0.3) is 0 Å². The maximum atomic E-state index is 10.3. The Morgan fingerprint density at radius 2 is 0.864 bits per heavy atom. The monoisotopic (exact) mass is 338 g/mol. The van der Waals surface area contributed by atoms with Crippen LogP contribution in [0.15, 0.2) is 0 Å². The predicted octanol–water partition coefficient (Wildman–Crippen LogP) is 6.07. The van der Waals surface area contributed by atoms with Crippen molar-refractivity contribution in [3.63, 3.8) is 0 Å². The van der Waals surface area contributed by atoms with Gasteiger partial charge in [-0.15, -0.1) is 0 Å². The summed E-state index contributed by atoms with van der Waals surface area (Å²) < 4.78 is 0. The van der Waals surface area contributed by atoms with Crippen LogP contribution in [0, 0.1) is 0 Å². The van der Waals surface area contributed by atoms with E-state index in [0.717, 1.165) is 12.8 Å². The van der Waals surface area contributed by atoms with Gasteiger partial charge in [0.2, 0.25) is 0 Å². The molecule has 22 heavy (non-hydrogen) atoms. The number of hydrogen-bond acceptors (Lipinski definition) is 1. The van der Waals surface area contributed by atoms with Crippen molar-refractivity contribution in [1.82, 2.24) is 0 Å². The van der Waals surface area contributed by atoms with Crippen LogP contribution in [0.1, 0.15) is 116 Å². The molecule has 0 aliphatic rings. The van der Waals surface area contributed by atoms with Crippen molar-refractivity contribution in [2.24, 2.45) is 0 Å². The molecule has 0 aliphatic heterocycles. The average Bonchev–Trinajstić information content (AvgIpc) is 2.46. The number of carboxylic acid groups (broad SMARTS) is 1. The van der Waals surface area contributed by atoms with Crippen molar-refractivity contribution in [2.45, 2.75) is 116 Å². The van der Waals surface area contributed by atoms with Gasteiger partial charge in [-0.3, -0.25) is 4.79 Å². The van der Waals surface area contributed by atoms with Gasteiger partial charge in [0.05, 0.1) is 0 Å². The molecule has 0 amide bonds. The summed E-state index contributed by atoms with van der Waals surface area (Å²) in [6.45, 7) is 2.27. The Kier molecular flexibility index (Phi) is 25.5. The molecule has 0 atom stereocenters. The van der Waals surface area contributed by atoms with Gasteiger partial charge in [-0.25, -0.2) is 0 Å². The first-order chi connectivity index (χ1) is 10.3. The fourth-order valence-electron chi connectivity index (χ4n) is 2.82. The van der Waals surface area contributed by atoms with Crippen LogP contribution >= 0.6 is 0 Å². The zero-order valence-corrected chi connectivity index (χ0v) is 14.4. The molecule has 2 nitrogen and oxygen atoms in total. The fourth-order valence-corrected chi connectivity index (χ4v) is 2.82. The molecule has 0 spiro atoms. The van der Waals surface area contributed by atoms with Crippen molar-refractivity contribution >= 4 is 57.4 Å². The molecule has 0 saturated heterocycles. The fraction of sp³-hybridized carbons (Fsp3) is 0.947. The Morgan fingerprint density at radius 3 is 1.14 bits per heavy atom. The number of carboxylic acids is 1. The molecule has 0 saturated carbocycles. The van der Waals surface area contributed by atoms with E-state index in [0.29, 0.717) is 6.42 Å². The number of hydrogen-bond donors (Lipinski definition) is 1. The Balaban J connectivity index is 0. The third-order valence-electron chi connectivity index (χ3n) is 4.24. The summed E-state index contributed by atoms with van der Waals surface area (Å²) in [6, 6.07) is 0. The summed E-state index contributed by atoms with van der Waals surface area (Å²) >= 11 is 0. The van der Waals surface area contributed by atoms with E-state index in [4.69, 9.17) is 5.11 Å². The standard InChI is InChI=1S/C19H38O2.K.H/c1-2-3-4-5-6-7-8-9-10-11-12-13-14-15-16-17-18-19(20)21;;/h2-18H2,1H3,(H,20,21);;. The number of unbranched alkanes of at least 4 members (excludes halogenated alkanes) is 15. The minimum atomic E-state index is -0.652. The second kappa shape index (κ2) is 22.1. The molecular formula is C19H39KO2. The quantitative estimate of drug-likeness (QED) is 0.258. The van der Waals surface area contributed by atoms with E-state index in [9.17, 15) is 4.79 Å². The molecule has 0 radical (unpaired) electrons. The zero-order chi connectivity index (χ0) is 15.6. The van der Waals surface area contributed by atoms with E-state index in [1.807, 2.05) is 0 Å². The summed E-state index contributed by atoms with van der Waals surface area (Å²) in [5.41, 5.74) is 0. The summed E-state index contributed by atoms with van der Waals surface area (Å²) in [6.07, 6.45) is 21.7. The molecule has 3 heteroatoms. The molecule has 0 aromatic rings. The molecule has 0 aromatic carbocycles. The topological polar surface area (TPSA) is 37.3 Å². The Morgan fingerprint density at radius 1 is 0.591 bits per heavy atom. The van der Waals surface area contributed by atoms with E-state index in [2.05, 4.69) is 6.92 Å². The van der Waals surface area contributed by atoms with Crippen LogP contribution in [0.5, 0.6) is 0 Å². The molecule has 0 rings (SSSR count). The SMILES string of the molecule is CCCCCCCCCCCCCCCCCCC(=O)O.[KH]. The average molecular weight is 339 g/mol. The maximum absolute atomic E-state index is 10.3. The van der Waals surface area contributed by atoms with Crippen molar-refractivity contribution in [3.05, 3.63) is 0 Å². The Bertz CT molecular complexity index is 219. The Labute approximate surface area is 181 Å². The van der Waals surface area contributed by atoms with E-state index in [1.54, 1.807) is 0 Å². The second-order valence-electron chi connectivity index (χ2n) is 6.45. The van der Waals surface area contributed by atoms with Gasteiger partial charge in [0.15, 0.2) is 0 Å². The van der Waals surface area contributed by atoms with Gasteiger partial charge >= 0.3 is 57.4 Å². The predicted molar refractivity (Wildman–Crippen MR) is 98.9 cm³/mol. The molecule has 0 heterocycles. The van der Waals surface area contributed by atoms with Crippen molar-refractivity contribution in [3.8, 4) is 0 Å². The summed E-state index contributed by atoms with van der Waals surface area (Å²) in [4.78, 5) is 10.3. The normalized spacial score (nSPS) is 10.4. The molecule has 1 N–H and O–H groups in total. The van der Waals surface area contributed by atoms with E-state index >= 15 is 0 Å². The van der Waals surface area contributed by atoms with Crippen LogP contribution in [-0.4, -0.2) is 62.5 Å². The van der Waals surface area contributed by atoms with Crippen LogP contribution in [-0.2, 0) is 4.79 Å². The zero-order valence-electron chi connectivity index (χ0n) is 14.4. The van der Waals surface area contributed by atoms with Crippen molar-refractivity contribution in [1.29, 1.82) is 0 Å². The molecule has 0 aliphatic carbocycles. The molecule has 0 bridgehead atoms. The van der Waals surface area contributed by atoms with E-state index in [-0.39, 0.29) is 51.4 Å². The first kappa shape index (κ1) is 25.3. The summed E-state index contributed by atoms with van der Waals surface area (Å²) in [7, 11) is 0. The van der Waals surface area contributed by atoms with Crippen molar-refractivity contribution < 1.29 is 9.90 Å². The van der Waals surface area contributed by atoms with Gasteiger partial charge in [0, 0.05) is 6.42 Å². The van der Waals surface area contributed by atoms with E-state index < -0.39 is 5.97 Å². The first-order valence-corrected chi connectivity index (χ1v) is 9.49.